The van der Waals surface area contributed by atoms with Crippen molar-refractivity contribution in [3.8, 4) is 11.4 Å². The lowest BCUT2D eigenvalue weighted by Gasteiger charge is -2.30. The number of nitrogens with one attached hydrogen (secondary N) is 1. The van der Waals surface area contributed by atoms with Crippen LogP contribution in [-0.2, 0) is 5.60 Å². The Bertz CT molecular complexity index is 1570. The molecule has 3 aromatic heterocycles. The Morgan fingerprint density at radius 1 is 0.771 bits per heavy atom. The van der Waals surface area contributed by atoms with Gasteiger partial charge in [0.25, 0.3) is 0 Å². The number of para-hydroxylation sites is 1. The first kappa shape index (κ1) is 21.0. The summed E-state index contributed by atoms with van der Waals surface area (Å²) in [6.07, 6.45) is 5.64. The quantitative estimate of drug-likeness (QED) is 0.355. The first-order valence-corrected chi connectivity index (χ1v) is 11.5. The number of aromatic nitrogens is 4. The van der Waals surface area contributed by atoms with Crippen molar-refractivity contribution in [2.45, 2.75) is 5.60 Å². The van der Waals surface area contributed by atoms with E-state index in [2.05, 4.69) is 10.3 Å². The van der Waals surface area contributed by atoms with Crippen molar-refractivity contribution in [2.75, 3.05) is 11.9 Å². The molecule has 6 heteroatoms. The van der Waals surface area contributed by atoms with Crippen LogP contribution in [0.3, 0.4) is 0 Å². The number of anilines is 1. The maximum atomic E-state index is 12.0. The molecule has 35 heavy (non-hydrogen) atoms. The molecule has 0 aliphatic heterocycles. The van der Waals surface area contributed by atoms with E-state index >= 15 is 0 Å². The smallest absolute Gasteiger partial charge is 0.163 e. The monoisotopic (exact) mass is 457 g/mol. The van der Waals surface area contributed by atoms with Gasteiger partial charge in [0, 0.05) is 29.5 Å². The summed E-state index contributed by atoms with van der Waals surface area (Å²) in [6, 6.07) is 31.2. The molecule has 0 spiro atoms. The standard InChI is InChI=1S/C29H23N5O/c35-29(22-9-3-1-4-10-22,23-11-5-2-6-12-23)20-31-28-24-13-7-8-14-25(24)32-27(33-28)21-15-16-26-30-17-18-34(26)19-21/h1-19,35H,20H2,(H,31,32,33). The number of nitrogens with zero attached hydrogens (tertiary/aromatic N) is 4. The fourth-order valence-electron chi connectivity index (χ4n) is 4.40. The van der Waals surface area contributed by atoms with Crippen LogP contribution in [0.5, 0.6) is 0 Å². The Kier molecular flexibility index (Phi) is 5.20. The predicted molar refractivity (Wildman–Crippen MR) is 138 cm³/mol. The Morgan fingerprint density at radius 2 is 1.46 bits per heavy atom. The molecule has 0 aliphatic rings. The van der Waals surface area contributed by atoms with E-state index in [1.54, 1.807) is 6.20 Å². The normalized spacial score (nSPS) is 11.7. The van der Waals surface area contributed by atoms with E-state index in [0.717, 1.165) is 33.2 Å². The SMILES string of the molecule is OC(CNc1nc(-c2ccc3nccn3c2)nc2ccccc12)(c1ccccc1)c1ccccc1. The number of hydrogen-bond acceptors (Lipinski definition) is 5. The van der Waals surface area contributed by atoms with Crippen LogP contribution in [0.25, 0.3) is 27.9 Å². The van der Waals surface area contributed by atoms with Gasteiger partial charge in [0.05, 0.1) is 12.1 Å². The zero-order valence-electron chi connectivity index (χ0n) is 18.9. The maximum Gasteiger partial charge on any atom is 0.163 e. The maximum absolute atomic E-state index is 12.0. The number of rotatable bonds is 6. The second-order valence-electron chi connectivity index (χ2n) is 8.47. The Labute approximate surface area is 202 Å². The number of fused-ring (bicyclic) bond motifs is 2. The van der Waals surface area contributed by atoms with Crippen LogP contribution >= 0.6 is 0 Å². The van der Waals surface area contributed by atoms with Gasteiger partial charge in [0.15, 0.2) is 5.82 Å². The molecule has 0 aliphatic carbocycles. The highest BCUT2D eigenvalue weighted by atomic mass is 16.3. The summed E-state index contributed by atoms with van der Waals surface area (Å²) in [5, 5.41) is 16.3. The van der Waals surface area contributed by atoms with Crippen LogP contribution in [-0.4, -0.2) is 31.0 Å². The summed E-state index contributed by atoms with van der Waals surface area (Å²) >= 11 is 0. The molecule has 6 rings (SSSR count). The molecule has 6 nitrogen and oxygen atoms in total. The summed E-state index contributed by atoms with van der Waals surface area (Å²) < 4.78 is 1.95. The average Bonchev–Trinajstić information content (AvgIpc) is 3.40. The van der Waals surface area contributed by atoms with E-state index in [0.29, 0.717) is 11.6 Å². The molecule has 2 N–H and O–H groups in total. The lowest BCUT2D eigenvalue weighted by atomic mass is 9.86. The summed E-state index contributed by atoms with van der Waals surface area (Å²) in [6.45, 7) is 0.238. The highest BCUT2D eigenvalue weighted by Gasteiger charge is 2.31. The molecule has 0 amide bonds. The molecular weight excluding hydrogens is 434 g/mol. The van der Waals surface area contributed by atoms with Crippen LogP contribution in [0, 0.1) is 0 Å². The highest BCUT2D eigenvalue weighted by Crippen LogP contribution is 2.31. The predicted octanol–water partition coefficient (Wildman–Crippen LogP) is 5.29. The largest absolute Gasteiger partial charge is 0.379 e. The zero-order valence-corrected chi connectivity index (χ0v) is 18.9. The number of aliphatic hydroxyl groups is 1. The minimum Gasteiger partial charge on any atom is -0.379 e. The van der Waals surface area contributed by atoms with E-state index in [1.807, 2.05) is 114 Å². The molecule has 0 bridgehead atoms. The van der Waals surface area contributed by atoms with Crippen molar-refractivity contribution < 1.29 is 5.11 Å². The fourth-order valence-corrected chi connectivity index (χ4v) is 4.40. The number of pyridine rings is 1. The minimum absolute atomic E-state index is 0.238. The first-order chi connectivity index (χ1) is 17.2. The molecule has 0 fully saturated rings. The summed E-state index contributed by atoms with van der Waals surface area (Å²) in [7, 11) is 0. The number of hydrogen-bond donors (Lipinski definition) is 2. The van der Waals surface area contributed by atoms with Gasteiger partial charge in [-0.2, -0.15) is 0 Å². The van der Waals surface area contributed by atoms with Crippen molar-refractivity contribution in [2.24, 2.45) is 0 Å². The molecule has 3 heterocycles. The van der Waals surface area contributed by atoms with Gasteiger partial charge < -0.3 is 14.8 Å². The topological polar surface area (TPSA) is 75.3 Å². The van der Waals surface area contributed by atoms with Crippen LogP contribution in [0.4, 0.5) is 5.82 Å². The van der Waals surface area contributed by atoms with Gasteiger partial charge >= 0.3 is 0 Å². The van der Waals surface area contributed by atoms with Crippen molar-refractivity contribution >= 4 is 22.4 Å². The summed E-state index contributed by atoms with van der Waals surface area (Å²) in [5.41, 5.74) is 2.94. The van der Waals surface area contributed by atoms with Gasteiger partial charge in [-0.1, -0.05) is 72.8 Å². The van der Waals surface area contributed by atoms with E-state index in [9.17, 15) is 5.11 Å². The molecule has 0 saturated heterocycles. The van der Waals surface area contributed by atoms with E-state index < -0.39 is 5.60 Å². The molecule has 170 valence electrons. The molecule has 0 unspecified atom stereocenters. The van der Waals surface area contributed by atoms with Gasteiger partial charge in [-0.15, -0.1) is 0 Å². The van der Waals surface area contributed by atoms with Gasteiger partial charge in [-0.25, -0.2) is 15.0 Å². The zero-order chi connectivity index (χ0) is 23.7. The molecule has 0 atom stereocenters. The van der Waals surface area contributed by atoms with Gasteiger partial charge in [-0.05, 0) is 35.4 Å². The van der Waals surface area contributed by atoms with Crippen LogP contribution in [0.2, 0.25) is 0 Å². The van der Waals surface area contributed by atoms with Crippen LogP contribution < -0.4 is 5.32 Å². The van der Waals surface area contributed by atoms with Gasteiger partial charge in [0.1, 0.15) is 17.1 Å². The van der Waals surface area contributed by atoms with Crippen LogP contribution in [0.15, 0.2) is 116 Å². The first-order valence-electron chi connectivity index (χ1n) is 11.5. The number of imidazole rings is 1. The van der Waals surface area contributed by atoms with Crippen molar-refractivity contribution in [3.63, 3.8) is 0 Å². The summed E-state index contributed by atoms with van der Waals surface area (Å²) in [5.74, 6) is 1.27. The number of benzene rings is 3. The highest BCUT2D eigenvalue weighted by molar-refractivity contribution is 5.90. The third kappa shape index (κ3) is 3.90. The fraction of sp³-hybridized carbons (Fsp3) is 0.0690. The van der Waals surface area contributed by atoms with Crippen molar-refractivity contribution in [1.82, 2.24) is 19.4 Å². The van der Waals surface area contributed by atoms with E-state index in [1.165, 1.54) is 0 Å². The van der Waals surface area contributed by atoms with Crippen molar-refractivity contribution in [1.29, 1.82) is 0 Å². The molecule has 6 aromatic rings. The Morgan fingerprint density at radius 3 is 2.20 bits per heavy atom. The second kappa shape index (κ2) is 8.66. The van der Waals surface area contributed by atoms with E-state index in [4.69, 9.17) is 9.97 Å². The Balaban J connectivity index is 1.43. The van der Waals surface area contributed by atoms with Gasteiger partial charge in [-0.3, -0.25) is 0 Å². The third-order valence-corrected chi connectivity index (χ3v) is 6.26. The lowest BCUT2D eigenvalue weighted by molar-refractivity contribution is 0.0949. The molecule has 0 saturated carbocycles. The van der Waals surface area contributed by atoms with Crippen molar-refractivity contribution in [3.05, 3.63) is 127 Å². The Hall–Kier alpha value is -4.55. The van der Waals surface area contributed by atoms with Gasteiger partial charge in [0.2, 0.25) is 0 Å². The second-order valence-corrected chi connectivity index (χ2v) is 8.47. The molecular formula is C29H23N5O. The molecule has 0 radical (unpaired) electrons. The lowest BCUT2D eigenvalue weighted by Crippen LogP contribution is -2.35. The van der Waals surface area contributed by atoms with E-state index in [-0.39, 0.29) is 6.54 Å². The average molecular weight is 458 g/mol. The third-order valence-electron chi connectivity index (χ3n) is 6.26. The molecule has 3 aromatic carbocycles. The minimum atomic E-state index is -1.25. The summed E-state index contributed by atoms with van der Waals surface area (Å²) in [4.78, 5) is 14.0. The van der Waals surface area contributed by atoms with Crippen LogP contribution in [0.1, 0.15) is 11.1 Å².